The highest BCUT2D eigenvalue weighted by molar-refractivity contribution is 7.13. The smallest absolute Gasteiger partial charge is 0.187 e. The summed E-state index contributed by atoms with van der Waals surface area (Å²) in [5, 5.41) is 16.3. The predicted octanol–water partition coefficient (Wildman–Crippen LogP) is 3.01. The van der Waals surface area contributed by atoms with E-state index in [-0.39, 0.29) is 0 Å². The second-order valence-corrected chi connectivity index (χ2v) is 4.96. The number of thiophene rings is 1. The standard InChI is InChI=1S/C13H8N4S/c1-2-5-10-9(4-1)8-11(12-6-3-7-18-12)17-13(10)14-15-16-17/h1-8H. The van der Waals surface area contributed by atoms with E-state index in [0.29, 0.717) is 0 Å². The van der Waals surface area contributed by atoms with E-state index in [1.807, 2.05) is 24.3 Å². The van der Waals surface area contributed by atoms with Crippen LogP contribution in [0.15, 0.2) is 47.8 Å². The lowest BCUT2D eigenvalue weighted by Gasteiger charge is -2.04. The second-order valence-electron chi connectivity index (χ2n) is 4.01. The molecule has 1 aromatic carbocycles. The van der Waals surface area contributed by atoms with Crippen LogP contribution in [0.5, 0.6) is 0 Å². The monoisotopic (exact) mass is 252 g/mol. The molecule has 0 bridgehead atoms. The molecular formula is C13H8N4S. The highest BCUT2D eigenvalue weighted by Crippen LogP contribution is 2.29. The van der Waals surface area contributed by atoms with Crippen LogP contribution in [0.25, 0.3) is 27.0 Å². The zero-order chi connectivity index (χ0) is 11.9. The molecule has 4 nitrogen and oxygen atoms in total. The number of tetrazole rings is 1. The van der Waals surface area contributed by atoms with Gasteiger partial charge in [0.15, 0.2) is 5.65 Å². The summed E-state index contributed by atoms with van der Waals surface area (Å²) in [7, 11) is 0. The fourth-order valence-corrected chi connectivity index (χ4v) is 2.88. The molecule has 18 heavy (non-hydrogen) atoms. The van der Waals surface area contributed by atoms with E-state index >= 15 is 0 Å². The van der Waals surface area contributed by atoms with Crippen LogP contribution in [0.1, 0.15) is 0 Å². The minimum absolute atomic E-state index is 0.802. The van der Waals surface area contributed by atoms with Crippen molar-refractivity contribution in [1.82, 2.24) is 20.0 Å². The Morgan fingerprint density at radius 1 is 1.06 bits per heavy atom. The number of aromatic nitrogens is 4. The minimum atomic E-state index is 0.802. The van der Waals surface area contributed by atoms with Gasteiger partial charge in [-0.15, -0.1) is 16.4 Å². The summed E-state index contributed by atoms with van der Waals surface area (Å²) in [6, 6.07) is 14.4. The molecule has 0 N–H and O–H groups in total. The van der Waals surface area contributed by atoms with Gasteiger partial charge in [-0.2, -0.15) is 4.52 Å². The lowest BCUT2D eigenvalue weighted by atomic mass is 10.1. The topological polar surface area (TPSA) is 43.1 Å². The molecule has 0 aliphatic carbocycles. The molecule has 3 heterocycles. The lowest BCUT2D eigenvalue weighted by Crippen LogP contribution is -1.94. The van der Waals surface area contributed by atoms with Gasteiger partial charge in [-0.3, -0.25) is 0 Å². The summed E-state index contributed by atoms with van der Waals surface area (Å²) in [6.07, 6.45) is 0. The summed E-state index contributed by atoms with van der Waals surface area (Å²) in [5.41, 5.74) is 1.83. The van der Waals surface area contributed by atoms with Crippen LogP contribution in [0.2, 0.25) is 0 Å². The zero-order valence-corrected chi connectivity index (χ0v) is 10.1. The number of hydrogen-bond acceptors (Lipinski definition) is 4. The first kappa shape index (κ1) is 9.73. The minimum Gasteiger partial charge on any atom is -0.191 e. The number of nitrogens with zero attached hydrogens (tertiary/aromatic N) is 4. The highest BCUT2D eigenvalue weighted by atomic mass is 32.1. The van der Waals surface area contributed by atoms with Crippen molar-refractivity contribution in [3.8, 4) is 10.6 Å². The van der Waals surface area contributed by atoms with Crippen molar-refractivity contribution in [3.63, 3.8) is 0 Å². The van der Waals surface area contributed by atoms with E-state index < -0.39 is 0 Å². The molecule has 86 valence electrons. The van der Waals surface area contributed by atoms with Crippen LogP contribution < -0.4 is 0 Å². The summed E-state index contributed by atoms with van der Waals surface area (Å²) < 4.78 is 1.80. The summed E-state index contributed by atoms with van der Waals surface area (Å²) in [6.45, 7) is 0. The van der Waals surface area contributed by atoms with Crippen molar-refractivity contribution >= 4 is 27.8 Å². The third kappa shape index (κ3) is 1.28. The van der Waals surface area contributed by atoms with Crippen LogP contribution in [0, 0.1) is 0 Å². The molecule has 0 spiro atoms. The molecular weight excluding hydrogens is 244 g/mol. The van der Waals surface area contributed by atoms with E-state index in [2.05, 4.69) is 39.1 Å². The molecule has 5 heteroatoms. The molecule has 0 aliphatic heterocycles. The fraction of sp³-hybridized carbons (Fsp3) is 0. The van der Waals surface area contributed by atoms with E-state index in [1.165, 1.54) is 0 Å². The van der Waals surface area contributed by atoms with Crippen LogP contribution >= 0.6 is 11.3 Å². The van der Waals surface area contributed by atoms with Crippen LogP contribution in [-0.2, 0) is 0 Å². The molecule has 0 saturated carbocycles. The summed E-state index contributed by atoms with van der Waals surface area (Å²) in [4.78, 5) is 1.16. The first-order valence-corrected chi connectivity index (χ1v) is 6.45. The number of hydrogen-bond donors (Lipinski definition) is 0. The zero-order valence-electron chi connectivity index (χ0n) is 9.32. The largest absolute Gasteiger partial charge is 0.191 e. The van der Waals surface area contributed by atoms with Gasteiger partial charge in [-0.25, -0.2) is 0 Å². The average Bonchev–Trinajstić information content (AvgIpc) is 3.09. The maximum atomic E-state index is 4.12. The normalized spacial score (nSPS) is 11.3. The van der Waals surface area contributed by atoms with Gasteiger partial charge < -0.3 is 0 Å². The van der Waals surface area contributed by atoms with Gasteiger partial charge in [0.2, 0.25) is 0 Å². The predicted molar refractivity (Wildman–Crippen MR) is 71.6 cm³/mol. The van der Waals surface area contributed by atoms with Gasteiger partial charge in [-0.05, 0) is 33.3 Å². The Hall–Kier alpha value is -2.27. The Morgan fingerprint density at radius 3 is 2.89 bits per heavy atom. The molecule has 4 rings (SSSR count). The molecule has 0 aliphatic rings. The van der Waals surface area contributed by atoms with E-state index in [0.717, 1.165) is 27.0 Å². The molecule has 0 atom stereocenters. The lowest BCUT2D eigenvalue weighted by molar-refractivity contribution is 0.830. The van der Waals surface area contributed by atoms with Crippen LogP contribution in [0.4, 0.5) is 0 Å². The number of benzene rings is 1. The third-order valence-electron chi connectivity index (χ3n) is 2.97. The van der Waals surface area contributed by atoms with E-state index in [4.69, 9.17) is 0 Å². The number of pyridine rings is 1. The van der Waals surface area contributed by atoms with Crippen LogP contribution in [0.3, 0.4) is 0 Å². The summed E-state index contributed by atoms with van der Waals surface area (Å²) in [5.74, 6) is 0. The molecule has 0 fully saturated rings. The van der Waals surface area contributed by atoms with Crippen molar-refractivity contribution in [2.75, 3.05) is 0 Å². The Balaban J connectivity index is 2.21. The SMILES string of the molecule is c1csc(-c2cc3ccccc3c3nnnn23)c1. The Bertz CT molecular complexity index is 833. The van der Waals surface area contributed by atoms with Gasteiger partial charge in [-0.1, -0.05) is 30.3 Å². The molecule has 0 unspecified atom stereocenters. The van der Waals surface area contributed by atoms with Crippen LogP contribution in [-0.4, -0.2) is 20.0 Å². The fourth-order valence-electron chi connectivity index (χ4n) is 2.15. The van der Waals surface area contributed by atoms with Gasteiger partial charge in [0.1, 0.15) is 0 Å². The van der Waals surface area contributed by atoms with Crippen molar-refractivity contribution in [2.45, 2.75) is 0 Å². The van der Waals surface area contributed by atoms with E-state index in [1.54, 1.807) is 15.9 Å². The van der Waals surface area contributed by atoms with Crippen molar-refractivity contribution < 1.29 is 0 Å². The maximum absolute atomic E-state index is 4.12. The first-order valence-electron chi connectivity index (χ1n) is 5.57. The third-order valence-corrected chi connectivity index (χ3v) is 3.86. The Kier molecular flexibility index (Phi) is 1.95. The van der Waals surface area contributed by atoms with Crippen molar-refractivity contribution in [2.24, 2.45) is 0 Å². The van der Waals surface area contributed by atoms with Gasteiger partial charge in [0.05, 0.1) is 10.6 Å². The second kappa shape index (κ2) is 3.61. The molecule has 0 amide bonds. The molecule has 0 radical (unpaired) electrons. The molecule has 4 aromatic rings. The van der Waals surface area contributed by atoms with Gasteiger partial charge in [0, 0.05) is 5.39 Å². The first-order chi connectivity index (χ1) is 8.93. The van der Waals surface area contributed by atoms with Gasteiger partial charge in [0.25, 0.3) is 0 Å². The van der Waals surface area contributed by atoms with Crippen molar-refractivity contribution in [3.05, 3.63) is 47.8 Å². The molecule has 0 saturated heterocycles. The average molecular weight is 252 g/mol. The quantitative estimate of drug-likeness (QED) is 0.523. The number of fused-ring (bicyclic) bond motifs is 3. The van der Waals surface area contributed by atoms with E-state index in [9.17, 15) is 0 Å². The Labute approximate surface area is 106 Å². The molecule has 3 aromatic heterocycles. The number of rotatable bonds is 1. The maximum Gasteiger partial charge on any atom is 0.187 e. The Morgan fingerprint density at radius 2 is 2.00 bits per heavy atom. The van der Waals surface area contributed by atoms with Crippen molar-refractivity contribution in [1.29, 1.82) is 0 Å². The van der Waals surface area contributed by atoms with Gasteiger partial charge >= 0.3 is 0 Å². The highest BCUT2D eigenvalue weighted by Gasteiger charge is 2.11. The summed E-state index contributed by atoms with van der Waals surface area (Å²) >= 11 is 1.69.